The van der Waals surface area contributed by atoms with E-state index in [0.717, 1.165) is 12.0 Å². The van der Waals surface area contributed by atoms with Crippen LogP contribution in [0.1, 0.15) is 45.4 Å². The Balaban J connectivity index is 1.48. The van der Waals surface area contributed by atoms with E-state index >= 15 is 0 Å². The number of likely N-dealkylation sites (tertiary alicyclic amines) is 1. The molecule has 1 heterocycles. The quantitative estimate of drug-likeness (QED) is 0.676. The van der Waals surface area contributed by atoms with Gasteiger partial charge in [-0.15, -0.1) is 0 Å². The highest BCUT2D eigenvalue weighted by Gasteiger charge is 2.20. The Kier molecular flexibility index (Phi) is 4.45. The molecule has 2 rings (SSSR count). The van der Waals surface area contributed by atoms with Crippen LogP contribution in [0.5, 0.6) is 0 Å². The molecule has 2 aliphatic rings. The fraction of sp³-hybridized carbons (Fsp3) is 1.00. The molecule has 0 spiro atoms. The Hall–Kier alpha value is -0.0800. The third-order valence-electron chi connectivity index (χ3n) is 3.87. The lowest BCUT2D eigenvalue weighted by molar-refractivity contribution is 0.159. The summed E-state index contributed by atoms with van der Waals surface area (Å²) in [5, 5.41) is 3.58. The monoisotopic (exact) mass is 210 g/mol. The van der Waals surface area contributed by atoms with Gasteiger partial charge < -0.3 is 10.2 Å². The normalized spacial score (nSPS) is 28.2. The molecule has 15 heavy (non-hydrogen) atoms. The molecule has 1 N–H and O–H groups in total. The second-order valence-electron chi connectivity index (χ2n) is 5.38. The van der Waals surface area contributed by atoms with E-state index in [-0.39, 0.29) is 0 Å². The smallest absolute Gasteiger partial charge is 0.00669 e. The average molecular weight is 210 g/mol. The zero-order valence-electron chi connectivity index (χ0n) is 10.2. The van der Waals surface area contributed by atoms with E-state index in [2.05, 4.69) is 17.1 Å². The van der Waals surface area contributed by atoms with Gasteiger partial charge in [-0.05, 0) is 71.1 Å². The minimum atomic E-state index is 0.835. The number of rotatable bonds is 6. The number of hydrogen-bond donors (Lipinski definition) is 1. The first-order valence-electron chi connectivity index (χ1n) is 6.81. The van der Waals surface area contributed by atoms with E-state index in [1.54, 1.807) is 0 Å². The van der Waals surface area contributed by atoms with Gasteiger partial charge in [0, 0.05) is 6.04 Å². The van der Waals surface area contributed by atoms with Crippen LogP contribution in [0.2, 0.25) is 0 Å². The van der Waals surface area contributed by atoms with Crippen molar-refractivity contribution < 1.29 is 0 Å². The van der Waals surface area contributed by atoms with Crippen LogP contribution in [0.15, 0.2) is 0 Å². The van der Waals surface area contributed by atoms with E-state index < -0.39 is 0 Å². The van der Waals surface area contributed by atoms with Gasteiger partial charge in [-0.2, -0.15) is 0 Å². The van der Waals surface area contributed by atoms with Gasteiger partial charge in [0.1, 0.15) is 0 Å². The molecule has 0 bridgehead atoms. The van der Waals surface area contributed by atoms with Crippen LogP contribution in [0.4, 0.5) is 0 Å². The molecule has 0 aromatic heterocycles. The Morgan fingerprint density at radius 3 is 2.80 bits per heavy atom. The maximum Gasteiger partial charge on any atom is 0.00669 e. The number of nitrogens with zero attached hydrogens (tertiary/aromatic N) is 1. The van der Waals surface area contributed by atoms with E-state index in [1.165, 1.54) is 64.7 Å². The van der Waals surface area contributed by atoms with Crippen molar-refractivity contribution in [3.63, 3.8) is 0 Å². The first-order valence-corrected chi connectivity index (χ1v) is 6.81. The first kappa shape index (κ1) is 11.4. The fourth-order valence-corrected chi connectivity index (χ4v) is 2.53. The summed E-state index contributed by atoms with van der Waals surface area (Å²) in [6.45, 7) is 7.52. The zero-order valence-corrected chi connectivity index (χ0v) is 10.2. The van der Waals surface area contributed by atoms with Gasteiger partial charge in [-0.3, -0.25) is 0 Å². The molecule has 1 aliphatic carbocycles. The Labute approximate surface area is 94.4 Å². The van der Waals surface area contributed by atoms with Gasteiger partial charge in [0.25, 0.3) is 0 Å². The predicted molar refractivity (Wildman–Crippen MR) is 65.1 cm³/mol. The first-order chi connectivity index (χ1) is 7.36. The molecule has 0 unspecified atom stereocenters. The molecule has 0 aromatic rings. The van der Waals surface area contributed by atoms with Gasteiger partial charge in [-0.25, -0.2) is 0 Å². The van der Waals surface area contributed by atoms with Crippen molar-refractivity contribution in [1.29, 1.82) is 0 Å². The van der Waals surface area contributed by atoms with E-state index in [9.17, 15) is 0 Å². The molecule has 1 saturated carbocycles. The van der Waals surface area contributed by atoms with Crippen LogP contribution >= 0.6 is 0 Å². The summed E-state index contributed by atoms with van der Waals surface area (Å²) in [5.74, 6) is 1.03. The highest BCUT2D eigenvalue weighted by molar-refractivity contribution is 4.76. The molecular formula is C13H26N2. The average Bonchev–Trinajstić information content (AvgIpc) is 3.04. The summed E-state index contributed by atoms with van der Waals surface area (Å²) < 4.78 is 0. The van der Waals surface area contributed by atoms with Crippen molar-refractivity contribution in [2.24, 2.45) is 5.92 Å². The van der Waals surface area contributed by atoms with Crippen LogP contribution in [0.25, 0.3) is 0 Å². The molecule has 2 heteroatoms. The lowest BCUT2D eigenvalue weighted by atomic mass is 10.0. The second kappa shape index (κ2) is 5.86. The van der Waals surface area contributed by atoms with Crippen molar-refractivity contribution >= 4 is 0 Å². The van der Waals surface area contributed by atoms with E-state index in [4.69, 9.17) is 0 Å². The van der Waals surface area contributed by atoms with Gasteiger partial charge in [0.2, 0.25) is 0 Å². The Morgan fingerprint density at radius 2 is 2.07 bits per heavy atom. The van der Waals surface area contributed by atoms with Gasteiger partial charge in [-0.1, -0.05) is 6.42 Å². The zero-order chi connectivity index (χ0) is 10.5. The minimum absolute atomic E-state index is 0.835. The van der Waals surface area contributed by atoms with E-state index in [0.29, 0.717) is 0 Å². The summed E-state index contributed by atoms with van der Waals surface area (Å²) in [7, 11) is 0. The fourth-order valence-electron chi connectivity index (χ4n) is 2.53. The maximum atomic E-state index is 3.58. The highest BCUT2D eigenvalue weighted by atomic mass is 15.2. The molecule has 0 radical (unpaired) electrons. The van der Waals surface area contributed by atoms with Gasteiger partial charge >= 0.3 is 0 Å². The van der Waals surface area contributed by atoms with Crippen molar-refractivity contribution in [3.8, 4) is 0 Å². The van der Waals surface area contributed by atoms with Crippen LogP contribution < -0.4 is 5.32 Å². The second-order valence-corrected chi connectivity index (χ2v) is 5.38. The van der Waals surface area contributed by atoms with Gasteiger partial charge in [0.15, 0.2) is 0 Å². The highest BCUT2D eigenvalue weighted by Crippen LogP contribution is 2.27. The Morgan fingerprint density at radius 1 is 1.20 bits per heavy atom. The summed E-state index contributed by atoms with van der Waals surface area (Å²) in [6, 6.07) is 0.835. The third kappa shape index (κ3) is 4.12. The van der Waals surface area contributed by atoms with Gasteiger partial charge in [0.05, 0.1) is 0 Å². The molecule has 2 fully saturated rings. The lowest BCUT2D eigenvalue weighted by Gasteiger charge is -2.33. The van der Waals surface area contributed by atoms with Crippen molar-refractivity contribution in [2.75, 3.05) is 26.2 Å². The molecule has 1 atom stereocenters. The van der Waals surface area contributed by atoms with Crippen molar-refractivity contribution in [2.45, 2.75) is 51.5 Å². The van der Waals surface area contributed by atoms with Crippen LogP contribution in [0.3, 0.4) is 0 Å². The number of nitrogens with one attached hydrogen (secondary N) is 1. The van der Waals surface area contributed by atoms with Crippen LogP contribution in [-0.4, -0.2) is 37.1 Å². The molecule has 0 amide bonds. The third-order valence-corrected chi connectivity index (χ3v) is 3.87. The number of hydrogen-bond acceptors (Lipinski definition) is 2. The summed E-state index contributed by atoms with van der Waals surface area (Å²) in [6.07, 6.45) is 8.54. The van der Waals surface area contributed by atoms with Crippen molar-refractivity contribution in [1.82, 2.24) is 10.2 Å². The van der Waals surface area contributed by atoms with Crippen LogP contribution in [0, 0.1) is 5.92 Å². The molecule has 0 aromatic carbocycles. The molecular weight excluding hydrogens is 184 g/mol. The molecule has 2 nitrogen and oxygen atoms in total. The topological polar surface area (TPSA) is 15.3 Å². The summed E-state index contributed by atoms with van der Waals surface area (Å²) >= 11 is 0. The van der Waals surface area contributed by atoms with Crippen LogP contribution in [-0.2, 0) is 0 Å². The summed E-state index contributed by atoms with van der Waals surface area (Å²) in [4.78, 5) is 2.67. The maximum absolute atomic E-state index is 3.58. The molecule has 1 saturated heterocycles. The van der Waals surface area contributed by atoms with Crippen molar-refractivity contribution in [3.05, 3.63) is 0 Å². The van der Waals surface area contributed by atoms with E-state index in [1.807, 2.05) is 0 Å². The summed E-state index contributed by atoms with van der Waals surface area (Å²) in [5.41, 5.74) is 0. The number of piperidine rings is 1. The SMILES string of the molecule is C[C@H]1CCCCN1CCCNCC1CC1. The molecule has 88 valence electrons. The largest absolute Gasteiger partial charge is 0.316 e. The standard InChI is InChI=1S/C13H26N2/c1-12-5-2-3-9-15(12)10-4-8-14-11-13-6-7-13/h12-14H,2-11H2,1H3/t12-/m0/s1. The molecule has 1 aliphatic heterocycles. The Bertz CT molecular complexity index is 177. The predicted octanol–water partition coefficient (Wildman–Crippen LogP) is 2.25. The minimum Gasteiger partial charge on any atom is -0.316 e. The lowest BCUT2D eigenvalue weighted by Crippen LogP contribution is -2.39.